The van der Waals surface area contributed by atoms with Crippen molar-refractivity contribution >= 4 is 6.03 Å². The van der Waals surface area contributed by atoms with Crippen molar-refractivity contribution in [3.8, 4) is 6.07 Å². The molecule has 8 heteroatoms. The first-order valence-corrected chi connectivity index (χ1v) is 9.49. The van der Waals surface area contributed by atoms with Crippen LogP contribution in [0, 0.1) is 18.3 Å². The van der Waals surface area contributed by atoms with Crippen molar-refractivity contribution < 1.29 is 4.79 Å². The van der Waals surface area contributed by atoms with E-state index in [1.807, 2.05) is 11.6 Å². The number of hydrogen-bond acceptors (Lipinski definition) is 5. The zero-order valence-corrected chi connectivity index (χ0v) is 15.5. The molecule has 0 unspecified atom stereocenters. The number of nitrogens with zero attached hydrogens (tertiary/aromatic N) is 6. The Morgan fingerprint density at radius 3 is 2.96 bits per heavy atom. The first-order chi connectivity index (χ1) is 13.1. The first-order valence-electron chi connectivity index (χ1n) is 9.49. The fourth-order valence-corrected chi connectivity index (χ4v) is 3.88. The zero-order valence-electron chi connectivity index (χ0n) is 15.5. The monoisotopic (exact) mass is 365 g/mol. The molecule has 140 valence electrons. The van der Waals surface area contributed by atoms with E-state index < -0.39 is 0 Å². The van der Waals surface area contributed by atoms with Gasteiger partial charge in [0.05, 0.1) is 18.8 Å². The number of hydrogen-bond donors (Lipinski definition) is 1. The van der Waals surface area contributed by atoms with Crippen molar-refractivity contribution in [2.75, 3.05) is 6.54 Å². The molecule has 0 saturated carbocycles. The summed E-state index contributed by atoms with van der Waals surface area (Å²) in [6.07, 6.45) is 5.23. The molecule has 1 N–H and O–H groups in total. The molecular weight excluding hydrogens is 342 g/mol. The topological polar surface area (TPSA) is 99.7 Å². The lowest BCUT2D eigenvalue weighted by Crippen LogP contribution is -2.39. The van der Waals surface area contributed by atoms with E-state index in [0.29, 0.717) is 37.7 Å². The Labute approximate surface area is 158 Å². The van der Waals surface area contributed by atoms with Gasteiger partial charge in [0.25, 0.3) is 0 Å². The van der Waals surface area contributed by atoms with Crippen LogP contribution in [0.15, 0.2) is 6.07 Å². The molecule has 0 fully saturated rings. The van der Waals surface area contributed by atoms with Gasteiger partial charge in [0, 0.05) is 24.5 Å². The fraction of sp³-hybridized carbons (Fsp3) is 0.526. The van der Waals surface area contributed by atoms with Crippen LogP contribution in [0.2, 0.25) is 0 Å². The van der Waals surface area contributed by atoms with Crippen LogP contribution in [-0.2, 0) is 32.5 Å². The molecular formula is C19H23N7O. The highest BCUT2D eigenvalue weighted by Gasteiger charge is 2.21. The summed E-state index contributed by atoms with van der Waals surface area (Å²) in [6, 6.07) is 3.67. The summed E-state index contributed by atoms with van der Waals surface area (Å²) in [6.45, 7) is 4.17. The van der Waals surface area contributed by atoms with Gasteiger partial charge in [-0.3, -0.25) is 4.68 Å². The number of aromatic nitrogens is 4. The molecule has 0 atom stereocenters. The molecule has 27 heavy (non-hydrogen) atoms. The number of carbonyl (C=O) groups excluding carboxylic acids is 1. The third kappa shape index (κ3) is 3.63. The average Bonchev–Trinajstić information content (AvgIpc) is 2.96. The molecule has 0 radical (unpaired) electrons. The van der Waals surface area contributed by atoms with Gasteiger partial charge in [-0.25, -0.2) is 14.8 Å². The SMILES string of the molecule is Cc1nc(CNC(=O)N2CCCn3nc(C#N)cc3C2)nc2c1CCCC2. The summed E-state index contributed by atoms with van der Waals surface area (Å²) >= 11 is 0. The summed E-state index contributed by atoms with van der Waals surface area (Å²) in [4.78, 5) is 23.6. The number of amides is 2. The smallest absolute Gasteiger partial charge is 0.318 e. The Balaban J connectivity index is 1.42. The zero-order chi connectivity index (χ0) is 18.8. The highest BCUT2D eigenvalue weighted by Crippen LogP contribution is 2.21. The molecule has 0 saturated heterocycles. The molecule has 2 aliphatic rings. The number of rotatable bonds is 2. The maximum absolute atomic E-state index is 12.6. The Morgan fingerprint density at radius 1 is 1.26 bits per heavy atom. The van der Waals surface area contributed by atoms with Crippen molar-refractivity contribution in [2.24, 2.45) is 0 Å². The Bertz CT molecular complexity index is 912. The molecule has 0 bridgehead atoms. The number of aryl methyl sites for hydroxylation is 3. The highest BCUT2D eigenvalue weighted by molar-refractivity contribution is 5.74. The molecule has 2 aromatic heterocycles. The minimum Gasteiger partial charge on any atom is -0.331 e. The molecule has 2 aromatic rings. The largest absolute Gasteiger partial charge is 0.331 e. The van der Waals surface area contributed by atoms with Crippen LogP contribution in [0.3, 0.4) is 0 Å². The minimum atomic E-state index is -0.137. The minimum absolute atomic E-state index is 0.137. The van der Waals surface area contributed by atoms with Crippen molar-refractivity contribution in [3.63, 3.8) is 0 Å². The summed E-state index contributed by atoms with van der Waals surface area (Å²) in [5.41, 5.74) is 4.74. The summed E-state index contributed by atoms with van der Waals surface area (Å²) in [5.74, 6) is 0.674. The number of fused-ring (bicyclic) bond motifs is 2. The second-order valence-corrected chi connectivity index (χ2v) is 7.15. The Hall–Kier alpha value is -2.95. The van der Waals surface area contributed by atoms with Crippen LogP contribution in [0.4, 0.5) is 4.79 Å². The average molecular weight is 365 g/mol. The van der Waals surface area contributed by atoms with Crippen LogP contribution >= 0.6 is 0 Å². The van der Waals surface area contributed by atoms with Crippen molar-refractivity contribution in [1.82, 2.24) is 30.0 Å². The second kappa shape index (κ2) is 7.35. The van der Waals surface area contributed by atoms with Crippen LogP contribution in [-0.4, -0.2) is 37.2 Å². The van der Waals surface area contributed by atoms with Gasteiger partial charge < -0.3 is 10.2 Å². The number of urea groups is 1. The summed E-state index contributed by atoms with van der Waals surface area (Å²) in [5, 5.41) is 16.2. The van der Waals surface area contributed by atoms with Crippen LogP contribution in [0.5, 0.6) is 0 Å². The van der Waals surface area contributed by atoms with E-state index in [1.54, 1.807) is 11.0 Å². The van der Waals surface area contributed by atoms with Gasteiger partial charge in [0.15, 0.2) is 5.69 Å². The van der Waals surface area contributed by atoms with Crippen molar-refractivity contribution in [1.29, 1.82) is 5.26 Å². The third-order valence-corrected chi connectivity index (χ3v) is 5.25. The summed E-state index contributed by atoms with van der Waals surface area (Å²) in [7, 11) is 0. The van der Waals surface area contributed by atoms with Gasteiger partial charge >= 0.3 is 6.03 Å². The third-order valence-electron chi connectivity index (χ3n) is 5.25. The lowest BCUT2D eigenvalue weighted by atomic mass is 9.95. The molecule has 1 aliphatic carbocycles. The molecule has 2 amide bonds. The predicted molar refractivity (Wildman–Crippen MR) is 97.6 cm³/mol. The van der Waals surface area contributed by atoms with Gasteiger partial charge in [-0.15, -0.1) is 0 Å². The van der Waals surface area contributed by atoms with Gasteiger partial charge in [-0.1, -0.05) is 0 Å². The number of carbonyl (C=O) groups is 1. The van der Waals surface area contributed by atoms with Crippen LogP contribution in [0.25, 0.3) is 0 Å². The molecule has 0 spiro atoms. The second-order valence-electron chi connectivity index (χ2n) is 7.15. The molecule has 3 heterocycles. The van der Waals surface area contributed by atoms with E-state index in [2.05, 4.69) is 26.5 Å². The van der Waals surface area contributed by atoms with E-state index >= 15 is 0 Å². The number of nitriles is 1. The van der Waals surface area contributed by atoms with E-state index in [4.69, 9.17) is 5.26 Å². The molecule has 8 nitrogen and oxygen atoms in total. The summed E-state index contributed by atoms with van der Waals surface area (Å²) < 4.78 is 1.82. The quantitative estimate of drug-likeness (QED) is 0.875. The van der Waals surface area contributed by atoms with Crippen molar-refractivity contribution in [2.45, 2.75) is 58.7 Å². The Kier molecular flexibility index (Phi) is 4.75. The van der Waals surface area contributed by atoms with E-state index in [9.17, 15) is 4.79 Å². The van der Waals surface area contributed by atoms with E-state index in [1.165, 1.54) is 18.4 Å². The molecule has 0 aromatic carbocycles. The normalized spacial score (nSPS) is 16.1. The van der Waals surface area contributed by atoms with Crippen LogP contribution in [0.1, 0.15) is 53.4 Å². The van der Waals surface area contributed by atoms with E-state index in [-0.39, 0.29) is 6.03 Å². The standard InChI is InChI=1S/C19H23N7O/c1-13-16-5-2-3-6-17(16)23-18(22-13)11-21-19(27)25-7-4-8-26-15(12-25)9-14(10-20)24-26/h9H,2-8,11-12H2,1H3,(H,21,27). The van der Waals surface area contributed by atoms with Crippen molar-refractivity contribution in [3.05, 3.63) is 40.2 Å². The fourth-order valence-electron chi connectivity index (χ4n) is 3.88. The lowest BCUT2D eigenvalue weighted by Gasteiger charge is -2.21. The Morgan fingerprint density at radius 2 is 2.11 bits per heavy atom. The van der Waals surface area contributed by atoms with Gasteiger partial charge in [-0.2, -0.15) is 10.4 Å². The maximum Gasteiger partial charge on any atom is 0.318 e. The predicted octanol–water partition coefficient (Wildman–Crippen LogP) is 1.85. The lowest BCUT2D eigenvalue weighted by molar-refractivity contribution is 0.195. The van der Waals surface area contributed by atoms with Gasteiger partial charge in [0.2, 0.25) is 0 Å². The maximum atomic E-state index is 12.6. The molecule has 1 aliphatic heterocycles. The highest BCUT2D eigenvalue weighted by atomic mass is 16.2. The molecule has 4 rings (SSSR count). The van der Waals surface area contributed by atoms with Crippen LogP contribution < -0.4 is 5.32 Å². The first kappa shape index (κ1) is 17.5. The number of nitrogens with one attached hydrogen (secondary N) is 1. The van der Waals surface area contributed by atoms with Gasteiger partial charge in [0.1, 0.15) is 11.9 Å². The van der Waals surface area contributed by atoms with Gasteiger partial charge in [-0.05, 0) is 50.7 Å². The van der Waals surface area contributed by atoms with E-state index in [0.717, 1.165) is 36.3 Å².